The Morgan fingerprint density at radius 3 is 1.74 bits per heavy atom. The van der Waals surface area contributed by atoms with E-state index in [-0.39, 0.29) is 16.5 Å². The van der Waals surface area contributed by atoms with Gasteiger partial charge in [-0.1, -0.05) is 86.5 Å². The third kappa shape index (κ3) is 7.20. The van der Waals surface area contributed by atoms with Gasteiger partial charge in [-0.15, -0.1) is 0 Å². The summed E-state index contributed by atoms with van der Waals surface area (Å²) in [5, 5.41) is 2.71. The van der Waals surface area contributed by atoms with Gasteiger partial charge >= 0.3 is 0 Å². The Morgan fingerprint density at radius 1 is 0.667 bits per heavy atom. The highest BCUT2D eigenvalue weighted by Gasteiger charge is 2.29. The molecule has 0 heterocycles. The van der Waals surface area contributed by atoms with Crippen molar-refractivity contribution in [2.45, 2.75) is 4.90 Å². The molecule has 0 aromatic heterocycles. The Morgan fingerprint density at radius 2 is 1.18 bits per heavy atom. The Bertz CT molecular complexity index is 1650. The lowest BCUT2D eigenvalue weighted by Gasteiger charge is -2.21. The average molecular weight is 666 g/mol. The molecule has 0 aliphatic heterocycles. The number of carbonyl (C=O) groups is 2. The summed E-state index contributed by atoms with van der Waals surface area (Å²) in [5.41, 5.74) is 2.18. The zero-order valence-electron chi connectivity index (χ0n) is 20.4. The molecule has 39 heavy (non-hydrogen) atoms. The van der Waals surface area contributed by atoms with E-state index in [1.165, 1.54) is 36.4 Å². The summed E-state index contributed by atoms with van der Waals surface area (Å²) in [6.07, 6.45) is 5.83. The first-order valence-electron chi connectivity index (χ1n) is 11.7. The maximum atomic E-state index is 13.6. The number of nitrogens with zero attached hydrogens (tertiary/aromatic N) is 1. The minimum absolute atomic E-state index is 0.101. The molecule has 1 N–H and O–H groups in total. The van der Waals surface area contributed by atoms with Crippen LogP contribution in [0.25, 0.3) is 12.2 Å². The van der Waals surface area contributed by atoms with Gasteiger partial charge in [0.05, 0.1) is 10.6 Å². The van der Waals surface area contributed by atoms with Gasteiger partial charge in [0.2, 0.25) is 5.91 Å². The van der Waals surface area contributed by atoms with Crippen molar-refractivity contribution in [1.29, 1.82) is 0 Å². The highest BCUT2D eigenvalue weighted by molar-refractivity contribution is 9.10. The molecular weight excluding hydrogens is 644 g/mol. The molecule has 2 amide bonds. The largest absolute Gasteiger partial charge is 0.323 e. The lowest BCUT2D eigenvalue weighted by atomic mass is 10.2. The molecule has 196 valence electrons. The van der Waals surface area contributed by atoms with E-state index in [0.29, 0.717) is 5.69 Å². The SMILES string of the molecule is O=C(C=Cc1ccccc1Br)Nc1ccc(S(=O)(=O)N(C(=O)C=Cc2ccccc2Br)c2ccccc2)cc1. The first kappa shape index (κ1) is 28.2. The van der Waals surface area contributed by atoms with Crippen molar-refractivity contribution in [3.05, 3.63) is 135 Å². The van der Waals surface area contributed by atoms with Crippen molar-refractivity contribution in [2.75, 3.05) is 9.62 Å². The number of sulfonamides is 1. The van der Waals surface area contributed by atoms with E-state index in [1.807, 2.05) is 42.5 Å². The molecule has 0 spiro atoms. The number of anilines is 2. The minimum Gasteiger partial charge on any atom is -0.323 e. The van der Waals surface area contributed by atoms with Crippen LogP contribution in [0.4, 0.5) is 11.4 Å². The van der Waals surface area contributed by atoms with Crippen LogP contribution >= 0.6 is 31.9 Å². The van der Waals surface area contributed by atoms with Gasteiger partial charge in [-0.25, -0.2) is 8.42 Å². The van der Waals surface area contributed by atoms with Crippen molar-refractivity contribution in [1.82, 2.24) is 0 Å². The molecule has 0 atom stereocenters. The fourth-order valence-electron chi connectivity index (χ4n) is 3.56. The van der Waals surface area contributed by atoms with Crippen LogP contribution in [0.2, 0.25) is 0 Å². The Kier molecular flexibility index (Phi) is 9.29. The maximum absolute atomic E-state index is 13.6. The van der Waals surface area contributed by atoms with E-state index in [0.717, 1.165) is 24.4 Å². The second-order valence-electron chi connectivity index (χ2n) is 8.17. The second-order valence-corrected chi connectivity index (χ2v) is 11.7. The van der Waals surface area contributed by atoms with Gasteiger partial charge in [-0.05, 0) is 71.8 Å². The minimum atomic E-state index is -4.28. The predicted octanol–water partition coefficient (Wildman–Crippen LogP) is 7.30. The molecule has 4 rings (SSSR count). The monoisotopic (exact) mass is 664 g/mol. The molecule has 0 saturated heterocycles. The molecule has 0 unspecified atom stereocenters. The predicted molar refractivity (Wildman–Crippen MR) is 163 cm³/mol. The first-order valence-corrected chi connectivity index (χ1v) is 14.7. The third-order valence-corrected chi connectivity index (χ3v) is 8.66. The summed E-state index contributed by atoms with van der Waals surface area (Å²) in [5.74, 6) is -1.11. The fourth-order valence-corrected chi connectivity index (χ4v) is 5.78. The van der Waals surface area contributed by atoms with E-state index in [2.05, 4.69) is 37.2 Å². The van der Waals surface area contributed by atoms with Crippen LogP contribution in [0.3, 0.4) is 0 Å². The fraction of sp³-hybridized carbons (Fsp3) is 0. The van der Waals surface area contributed by atoms with E-state index in [1.54, 1.807) is 48.6 Å². The van der Waals surface area contributed by atoms with Gasteiger partial charge in [0.25, 0.3) is 15.9 Å². The summed E-state index contributed by atoms with van der Waals surface area (Å²) in [6, 6.07) is 28.6. The van der Waals surface area contributed by atoms with Crippen LogP contribution in [0.15, 0.2) is 129 Å². The average Bonchev–Trinajstić information content (AvgIpc) is 2.93. The van der Waals surface area contributed by atoms with Crippen LogP contribution < -0.4 is 9.62 Å². The van der Waals surface area contributed by atoms with Crippen LogP contribution in [0, 0.1) is 0 Å². The molecule has 4 aromatic rings. The van der Waals surface area contributed by atoms with E-state index in [9.17, 15) is 18.0 Å². The Hall–Kier alpha value is -3.79. The van der Waals surface area contributed by atoms with Gasteiger partial charge in [0, 0.05) is 26.8 Å². The first-order chi connectivity index (χ1) is 18.8. The van der Waals surface area contributed by atoms with Crippen LogP contribution in [0.5, 0.6) is 0 Å². The van der Waals surface area contributed by atoms with E-state index >= 15 is 0 Å². The summed E-state index contributed by atoms with van der Waals surface area (Å²) in [7, 11) is -4.28. The number of nitrogens with one attached hydrogen (secondary N) is 1. The maximum Gasteiger partial charge on any atom is 0.271 e. The molecule has 0 aliphatic carbocycles. The van der Waals surface area contributed by atoms with Gasteiger partial charge in [0.1, 0.15) is 0 Å². The molecule has 0 bridgehead atoms. The molecular formula is C30H22Br2N2O4S. The number of rotatable bonds is 8. The van der Waals surface area contributed by atoms with Crippen molar-refractivity contribution >= 4 is 77.2 Å². The number of carbonyl (C=O) groups excluding carboxylic acids is 2. The highest BCUT2D eigenvalue weighted by atomic mass is 79.9. The lowest BCUT2D eigenvalue weighted by Crippen LogP contribution is -2.35. The van der Waals surface area contributed by atoms with Crippen molar-refractivity contribution in [3.63, 3.8) is 0 Å². The number of para-hydroxylation sites is 1. The van der Waals surface area contributed by atoms with Crippen molar-refractivity contribution in [3.8, 4) is 0 Å². The topological polar surface area (TPSA) is 83.6 Å². The smallest absolute Gasteiger partial charge is 0.271 e. The quantitative estimate of drug-likeness (QED) is 0.200. The number of hydrogen-bond acceptors (Lipinski definition) is 4. The molecule has 4 aromatic carbocycles. The summed E-state index contributed by atoms with van der Waals surface area (Å²) in [6.45, 7) is 0. The number of halogens is 2. The van der Waals surface area contributed by atoms with E-state index in [4.69, 9.17) is 0 Å². The number of hydrogen-bond donors (Lipinski definition) is 1. The van der Waals surface area contributed by atoms with Crippen molar-refractivity contribution in [2.24, 2.45) is 0 Å². The number of amides is 2. The van der Waals surface area contributed by atoms with Gasteiger partial charge in [-0.2, -0.15) is 4.31 Å². The molecule has 0 radical (unpaired) electrons. The molecule has 0 fully saturated rings. The molecule has 6 nitrogen and oxygen atoms in total. The van der Waals surface area contributed by atoms with Gasteiger partial charge in [-0.3, -0.25) is 9.59 Å². The second kappa shape index (κ2) is 12.8. The summed E-state index contributed by atoms with van der Waals surface area (Å²) < 4.78 is 29.7. The Balaban J connectivity index is 1.56. The normalized spacial score (nSPS) is 11.5. The molecule has 9 heteroatoms. The third-order valence-electron chi connectivity index (χ3n) is 5.48. The van der Waals surface area contributed by atoms with Gasteiger partial charge < -0.3 is 5.32 Å². The van der Waals surface area contributed by atoms with Crippen molar-refractivity contribution < 1.29 is 18.0 Å². The lowest BCUT2D eigenvalue weighted by molar-refractivity contribution is -0.113. The van der Waals surface area contributed by atoms with Crippen LogP contribution in [0.1, 0.15) is 11.1 Å². The standard InChI is InChI=1S/C30H22Br2N2O4S/c31-27-12-6-4-8-22(27)14-20-29(35)33-24-16-18-26(19-17-24)39(37,38)34(25-10-2-1-3-11-25)30(36)21-15-23-9-5-7-13-28(23)32/h1-21H,(H,33,35). The number of benzene rings is 4. The zero-order valence-corrected chi connectivity index (χ0v) is 24.4. The summed E-state index contributed by atoms with van der Waals surface area (Å²) in [4.78, 5) is 25.5. The van der Waals surface area contributed by atoms with E-state index < -0.39 is 15.9 Å². The zero-order chi connectivity index (χ0) is 27.8. The molecule has 0 saturated carbocycles. The highest BCUT2D eigenvalue weighted by Crippen LogP contribution is 2.26. The Labute approximate surface area is 244 Å². The van der Waals surface area contributed by atoms with Gasteiger partial charge in [0.15, 0.2) is 0 Å². The summed E-state index contributed by atoms with van der Waals surface area (Å²) >= 11 is 6.85. The van der Waals surface area contributed by atoms with Crippen LogP contribution in [-0.4, -0.2) is 20.2 Å². The molecule has 0 aliphatic rings. The van der Waals surface area contributed by atoms with Crippen LogP contribution in [-0.2, 0) is 19.6 Å².